The second kappa shape index (κ2) is 13.4. The van der Waals surface area contributed by atoms with E-state index in [-0.39, 0.29) is 34.6 Å². The Morgan fingerprint density at radius 2 is 2.16 bits per heavy atom. The Morgan fingerprint density at radius 1 is 1.38 bits per heavy atom. The van der Waals surface area contributed by atoms with Gasteiger partial charge in [0.2, 0.25) is 5.76 Å². The van der Waals surface area contributed by atoms with Gasteiger partial charge in [-0.15, -0.1) is 23.1 Å². The first-order chi connectivity index (χ1) is 21.7. The standard InChI is InChI=1S/C27H23N9O7S2/c1-2-42-34-19(17-12-45-27(29)31-17)23(38)32-20-24(39)36-21(26(40)41)15(11-44-25(20)36)4-3-7-35-8-5-14(6-9-35)16-10-18(43-33-16)22(37)30-13-28/h3-6,8-10,12,20,25H,2,7,11H2,1H3,(H4-,29,30,31,32,37,38,40,41)/p+1/b4-3+,34-19-/t20-,25-/m1/s1. The molecule has 3 aromatic rings. The minimum atomic E-state index is -1.26. The molecule has 0 radical (unpaired) electrons. The molecule has 2 atom stereocenters. The van der Waals surface area contributed by atoms with Crippen molar-refractivity contribution in [3.8, 4) is 17.5 Å². The number of carboxylic acid groups (broad SMARTS) is 1. The number of oxime groups is 1. The molecule has 18 heteroatoms. The maximum atomic E-state index is 13.1. The van der Waals surface area contributed by atoms with E-state index in [2.05, 4.69) is 20.6 Å². The zero-order valence-electron chi connectivity index (χ0n) is 23.4. The average Bonchev–Trinajstić information content (AvgIpc) is 3.70. The van der Waals surface area contributed by atoms with E-state index < -0.39 is 35.1 Å². The van der Waals surface area contributed by atoms with Gasteiger partial charge in [0.25, 0.3) is 11.8 Å². The number of pyridine rings is 1. The predicted molar refractivity (Wildman–Crippen MR) is 159 cm³/mol. The van der Waals surface area contributed by atoms with Crippen LogP contribution in [0.15, 0.2) is 69.1 Å². The smallest absolute Gasteiger partial charge is 0.352 e. The minimum Gasteiger partial charge on any atom is -0.477 e. The van der Waals surface area contributed by atoms with Crippen LogP contribution in [0.5, 0.6) is 0 Å². The van der Waals surface area contributed by atoms with Crippen molar-refractivity contribution in [3.63, 3.8) is 0 Å². The van der Waals surface area contributed by atoms with Gasteiger partial charge in [-0.2, -0.15) is 5.26 Å². The number of aromatic nitrogens is 3. The van der Waals surface area contributed by atoms with Crippen LogP contribution in [-0.2, 0) is 25.8 Å². The fraction of sp³-hybridized carbons (Fsp3) is 0.222. The van der Waals surface area contributed by atoms with Crippen molar-refractivity contribution in [2.75, 3.05) is 18.1 Å². The van der Waals surface area contributed by atoms with Gasteiger partial charge < -0.3 is 25.5 Å². The number of amides is 3. The molecule has 2 aliphatic heterocycles. The molecule has 2 aliphatic rings. The number of rotatable bonds is 11. The summed E-state index contributed by atoms with van der Waals surface area (Å²) < 4.78 is 6.79. The van der Waals surface area contributed by atoms with Crippen molar-refractivity contribution in [1.29, 1.82) is 5.26 Å². The number of anilines is 1. The van der Waals surface area contributed by atoms with Gasteiger partial charge in [0.15, 0.2) is 36.0 Å². The summed E-state index contributed by atoms with van der Waals surface area (Å²) in [5.74, 6) is -3.04. The van der Waals surface area contributed by atoms with E-state index in [0.717, 1.165) is 11.3 Å². The molecular formula is C27H24N9O7S2+. The molecule has 0 bridgehead atoms. The Bertz CT molecular complexity index is 1790. The molecule has 1 fully saturated rings. The van der Waals surface area contributed by atoms with Gasteiger partial charge in [0.05, 0.1) is 0 Å². The zero-order valence-corrected chi connectivity index (χ0v) is 25.0. The number of carboxylic acids is 1. The number of hydrogen-bond acceptors (Lipinski definition) is 13. The Hall–Kier alpha value is -5.54. The molecular weight excluding hydrogens is 626 g/mol. The topological polar surface area (TPSA) is 230 Å². The number of nitriles is 1. The summed E-state index contributed by atoms with van der Waals surface area (Å²) in [4.78, 5) is 60.4. The van der Waals surface area contributed by atoms with Crippen LogP contribution in [-0.4, -0.2) is 73.3 Å². The van der Waals surface area contributed by atoms with Crippen LogP contribution in [0, 0.1) is 11.5 Å². The highest BCUT2D eigenvalue weighted by molar-refractivity contribution is 8.00. The monoisotopic (exact) mass is 650 g/mol. The molecule has 3 amide bonds. The van der Waals surface area contributed by atoms with E-state index in [1.54, 1.807) is 49.0 Å². The molecule has 0 saturated carbocycles. The molecule has 5 rings (SSSR count). The maximum Gasteiger partial charge on any atom is 0.352 e. The summed E-state index contributed by atoms with van der Waals surface area (Å²) in [5, 5.41) is 32.0. The first kappa shape index (κ1) is 30.9. The van der Waals surface area contributed by atoms with Crippen molar-refractivity contribution in [3.05, 3.63) is 70.8 Å². The van der Waals surface area contributed by atoms with Crippen molar-refractivity contribution in [2.24, 2.45) is 5.16 Å². The number of nitrogen functional groups attached to an aromatic ring is 1. The number of aliphatic carboxylic acids is 1. The number of carbonyl (C=O) groups is 4. The van der Waals surface area contributed by atoms with Crippen LogP contribution in [0.3, 0.4) is 0 Å². The summed E-state index contributed by atoms with van der Waals surface area (Å²) in [6, 6.07) is 3.95. The first-order valence-corrected chi connectivity index (χ1v) is 15.1. The van der Waals surface area contributed by atoms with E-state index in [1.165, 1.54) is 28.9 Å². The van der Waals surface area contributed by atoms with E-state index in [4.69, 9.17) is 20.4 Å². The lowest BCUT2D eigenvalue weighted by molar-refractivity contribution is -0.686. The van der Waals surface area contributed by atoms with Crippen molar-refractivity contribution in [2.45, 2.75) is 24.9 Å². The van der Waals surface area contributed by atoms with Gasteiger partial charge in [-0.3, -0.25) is 24.6 Å². The first-order valence-electron chi connectivity index (χ1n) is 13.2. The highest BCUT2D eigenvalue weighted by Gasteiger charge is 2.54. The van der Waals surface area contributed by atoms with E-state index in [1.807, 2.05) is 9.88 Å². The van der Waals surface area contributed by atoms with Crippen molar-refractivity contribution in [1.82, 2.24) is 25.7 Å². The largest absolute Gasteiger partial charge is 0.477 e. The highest BCUT2D eigenvalue weighted by atomic mass is 32.2. The number of hydrogen-bond donors (Lipinski definition) is 4. The number of β-lactam (4-membered cyclic amide) rings is 1. The number of nitrogens with zero attached hydrogens (tertiary/aromatic N) is 6. The lowest BCUT2D eigenvalue weighted by Gasteiger charge is -2.49. The Morgan fingerprint density at radius 3 is 2.82 bits per heavy atom. The molecule has 3 aromatic heterocycles. The summed E-state index contributed by atoms with van der Waals surface area (Å²) in [6.07, 6.45) is 8.47. The number of thioether (sulfide) groups is 1. The number of allylic oxidation sites excluding steroid dienone is 2. The second-order valence-electron chi connectivity index (χ2n) is 9.30. The van der Waals surface area contributed by atoms with Gasteiger partial charge in [0, 0.05) is 34.9 Å². The summed E-state index contributed by atoms with van der Waals surface area (Å²) in [5.41, 5.74) is 7.11. The number of thiazole rings is 1. The highest BCUT2D eigenvalue weighted by Crippen LogP contribution is 2.40. The van der Waals surface area contributed by atoms with Gasteiger partial charge in [-0.25, -0.2) is 14.3 Å². The molecule has 45 heavy (non-hydrogen) atoms. The van der Waals surface area contributed by atoms with Gasteiger partial charge in [0.1, 0.15) is 35.1 Å². The Balaban J connectivity index is 1.24. The lowest BCUT2D eigenvalue weighted by Crippen LogP contribution is -2.71. The molecule has 16 nitrogen and oxygen atoms in total. The van der Waals surface area contributed by atoms with Gasteiger partial charge in [-0.05, 0) is 18.6 Å². The molecule has 230 valence electrons. The van der Waals surface area contributed by atoms with E-state index in [9.17, 15) is 24.3 Å². The van der Waals surface area contributed by atoms with Crippen LogP contribution < -0.4 is 20.9 Å². The number of nitrogens with two attached hydrogens (primary N) is 1. The third kappa shape index (κ3) is 6.53. The molecule has 5 N–H and O–H groups in total. The zero-order chi connectivity index (χ0) is 32.1. The second-order valence-corrected chi connectivity index (χ2v) is 11.3. The Labute approximate surface area is 262 Å². The summed E-state index contributed by atoms with van der Waals surface area (Å²) in [6.45, 7) is 2.28. The number of fused-ring (bicyclic) bond motifs is 1. The van der Waals surface area contributed by atoms with Crippen LogP contribution in [0.2, 0.25) is 0 Å². The molecule has 0 aliphatic carbocycles. The molecule has 0 spiro atoms. The molecule has 5 heterocycles. The normalized spacial score (nSPS) is 17.8. The van der Waals surface area contributed by atoms with Gasteiger partial charge in [-0.1, -0.05) is 16.4 Å². The third-order valence-electron chi connectivity index (χ3n) is 6.48. The average molecular weight is 651 g/mol. The lowest BCUT2D eigenvalue weighted by atomic mass is 10.0. The Kier molecular flexibility index (Phi) is 9.20. The van der Waals surface area contributed by atoms with Crippen LogP contribution in [0.1, 0.15) is 23.2 Å². The maximum absolute atomic E-state index is 13.1. The fourth-order valence-corrected chi connectivity index (χ4v) is 6.27. The number of carbonyl (C=O) groups excluding carboxylic acids is 3. The summed E-state index contributed by atoms with van der Waals surface area (Å²) >= 11 is 2.44. The van der Waals surface area contributed by atoms with Crippen molar-refractivity contribution < 1.29 is 38.2 Å². The van der Waals surface area contributed by atoms with Crippen molar-refractivity contribution >= 4 is 57.6 Å². The van der Waals surface area contributed by atoms with Gasteiger partial charge >= 0.3 is 11.9 Å². The molecule has 0 unspecified atom stereocenters. The predicted octanol–water partition coefficient (Wildman–Crippen LogP) is 0.614. The van der Waals surface area contributed by atoms with Crippen LogP contribution in [0.4, 0.5) is 5.13 Å². The minimum absolute atomic E-state index is 0.0999. The SMILES string of the molecule is CCO/N=C(\C(=O)N[C@@H]1C(=O)N2C(C(=O)O)=C(/C=C/C[n+]3ccc(-c4cc(C(=O)NC#N)on4)cc3)CS[C@H]12)c1csc(N)n1. The number of nitrogens with one attached hydrogen (secondary N) is 2. The van der Waals surface area contributed by atoms with E-state index in [0.29, 0.717) is 29.1 Å². The quantitative estimate of drug-likeness (QED) is 0.0559. The third-order valence-corrected chi connectivity index (χ3v) is 8.45. The van der Waals surface area contributed by atoms with Crippen LogP contribution in [0.25, 0.3) is 11.3 Å². The summed E-state index contributed by atoms with van der Waals surface area (Å²) in [7, 11) is 0. The fourth-order valence-electron chi connectivity index (χ4n) is 4.41. The van der Waals surface area contributed by atoms with E-state index >= 15 is 0 Å². The molecule has 0 aromatic carbocycles. The molecule has 1 saturated heterocycles. The van der Waals surface area contributed by atoms with Crippen LogP contribution >= 0.6 is 23.1 Å².